The third kappa shape index (κ3) is 6.28. The number of anilines is 1. The van der Waals surface area contributed by atoms with Crippen LogP contribution in [0.1, 0.15) is 43.0 Å². The van der Waals surface area contributed by atoms with E-state index in [9.17, 15) is 9.59 Å². The van der Waals surface area contributed by atoms with Gasteiger partial charge in [0.05, 0.1) is 33.1 Å². The first kappa shape index (κ1) is 25.1. The normalized spacial score (nSPS) is 11.9. The summed E-state index contributed by atoms with van der Waals surface area (Å²) in [6.07, 6.45) is 0. The Kier molecular flexibility index (Phi) is 8.77. The molecule has 3 rings (SSSR count). The van der Waals surface area contributed by atoms with Crippen LogP contribution in [0.5, 0.6) is 0 Å². The van der Waals surface area contributed by atoms with Gasteiger partial charge in [-0.25, -0.2) is 0 Å². The number of aromatic nitrogens is 3. The number of rotatable bonds is 9. The summed E-state index contributed by atoms with van der Waals surface area (Å²) in [6.45, 7) is 6.54. The van der Waals surface area contributed by atoms with Gasteiger partial charge in [-0.15, -0.1) is 10.2 Å². The zero-order chi connectivity index (χ0) is 24.0. The quantitative estimate of drug-likeness (QED) is 0.376. The smallest absolute Gasteiger partial charge is 0.253 e. The Bertz CT molecular complexity index is 1140. The van der Waals surface area contributed by atoms with Crippen molar-refractivity contribution < 1.29 is 9.59 Å². The van der Waals surface area contributed by atoms with Gasteiger partial charge in [-0.3, -0.25) is 9.59 Å². The molecule has 0 saturated heterocycles. The molecular formula is C23H25Cl2N5O2S. The molecule has 2 aromatic carbocycles. The average molecular weight is 506 g/mol. The number of nitrogens with zero attached hydrogens (tertiary/aromatic N) is 3. The number of benzene rings is 2. The molecule has 0 unspecified atom stereocenters. The van der Waals surface area contributed by atoms with Crippen LogP contribution in [0.15, 0.2) is 53.7 Å². The minimum Gasteiger partial charge on any atom is -0.342 e. The highest BCUT2D eigenvalue weighted by Crippen LogP contribution is 2.27. The molecule has 7 nitrogen and oxygen atoms in total. The van der Waals surface area contributed by atoms with Crippen LogP contribution in [0.2, 0.25) is 10.0 Å². The fourth-order valence-corrected chi connectivity index (χ4v) is 4.42. The molecule has 0 radical (unpaired) electrons. The molecule has 33 heavy (non-hydrogen) atoms. The maximum Gasteiger partial charge on any atom is 0.253 e. The van der Waals surface area contributed by atoms with Crippen LogP contribution in [0, 0.1) is 5.92 Å². The lowest BCUT2D eigenvalue weighted by atomic mass is 10.0. The Hall–Kier alpha value is -2.55. The summed E-state index contributed by atoms with van der Waals surface area (Å²) in [6, 6.07) is 13.6. The van der Waals surface area contributed by atoms with E-state index in [1.165, 1.54) is 11.8 Å². The van der Waals surface area contributed by atoms with Crippen LogP contribution in [0.25, 0.3) is 0 Å². The first-order valence-electron chi connectivity index (χ1n) is 10.5. The van der Waals surface area contributed by atoms with E-state index >= 15 is 0 Å². The van der Waals surface area contributed by atoms with E-state index in [-0.39, 0.29) is 29.5 Å². The van der Waals surface area contributed by atoms with E-state index in [4.69, 9.17) is 23.2 Å². The summed E-state index contributed by atoms with van der Waals surface area (Å²) in [7, 11) is 0. The van der Waals surface area contributed by atoms with Gasteiger partial charge >= 0.3 is 0 Å². The van der Waals surface area contributed by atoms with Crippen molar-refractivity contribution in [2.45, 2.75) is 38.5 Å². The van der Waals surface area contributed by atoms with Crippen molar-refractivity contribution in [1.82, 2.24) is 20.1 Å². The van der Waals surface area contributed by atoms with E-state index in [1.54, 1.807) is 48.5 Å². The van der Waals surface area contributed by atoms with E-state index in [1.807, 2.05) is 25.3 Å². The third-order valence-electron chi connectivity index (χ3n) is 4.89. The van der Waals surface area contributed by atoms with Crippen molar-refractivity contribution in [1.29, 1.82) is 0 Å². The van der Waals surface area contributed by atoms with Gasteiger partial charge in [-0.2, -0.15) is 0 Å². The summed E-state index contributed by atoms with van der Waals surface area (Å²) in [4.78, 5) is 25.3. The zero-order valence-corrected chi connectivity index (χ0v) is 20.8. The first-order valence-corrected chi connectivity index (χ1v) is 12.2. The lowest BCUT2D eigenvalue weighted by Crippen LogP contribution is -2.34. The summed E-state index contributed by atoms with van der Waals surface area (Å²) in [5.41, 5.74) is 0.961. The Balaban J connectivity index is 1.73. The topological polar surface area (TPSA) is 88.9 Å². The van der Waals surface area contributed by atoms with Gasteiger partial charge in [-0.05, 0) is 37.1 Å². The SMILES string of the molecule is CCn1c(SCC(=O)Nc2ccccc2Cl)nnc1[C@H](NC(=O)c1ccccc1Cl)C(C)C. The monoisotopic (exact) mass is 505 g/mol. The lowest BCUT2D eigenvalue weighted by Gasteiger charge is -2.22. The number of amides is 2. The molecule has 0 aliphatic heterocycles. The van der Waals surface area contributed by atoms with Gasteiger partial charge in [0.2, 0.25) is 5.91 Å². The molecule has 0 aliphatic carbocycles. The maximum absolute atomic E-state index is 12.9. The summed E-state index contributed by atoms with van der Waals surface area (Å²) in [5, 5.41) is 15.9. The molecule has 0 saturated carbocycles. The number of hydrogen-bond donors (Lipinski definition) is 2. The van der Waals surface area contributed by atoms with Crippen molar-refractivity contribution in [2.24, 2.45) is 5.92 Å². The summed E-state index contributed by atoms with van der Waals surface area (Å²) in [5.74, 6) is 0.335. The van der Waals surface area contributed by atoms with Gasteiger partial charge in [0, 0.05) is 6.54 Å². The maximum atomic E-state index is 12.9. The largest absolute Gasteiger partial charge is 0.342 e. The predicted octanol–water partition coefficient (Wildman–Crippen LogP) is 5.46. The van der Waals surface area contributed by atoms with Gasteiger partial charge in [0.1, 0.15) is 0 Å². The molecule has 3 aromatic rings. The summed E-state index contributed by atoms with van der Waals surface area (Å²) >= 11 is 13.6. The van der Waals surface area contributed by atoms with Crippen molar-refractivity contribution in [3.8, 4) is 0 Å². The molecule has 2 N–H and O–H groups in total. The second kappa shape index (κ2) is 11.5. The Morgan fingerprint density at radius 2 is 1.70 bits per heavy atom. The fraction of sp³-hybridized carbons (Fsp3) is 0.304. The van der Waals surface area contributed by atoms with Crippen LogP contribution < -0.4 is 10.6 Å². The Morgan fingerprint density at radius 3 is 2.33 bits per heavy atom. The number of carbonyl (C=O) groups is 2. The molecule has 0 bridgehead atoms. The number of carbonyl (C=O) groups excluding carboxylic acids is 2. The number of nitrogens with one attached hydrogen (secondary N) is 2. The molecule has 1 atom stereocenters. The van der Waals surface area contributed by atoms with Gasteiger partial charge in [0.15, 0.2) is 11.0 Å². The molecule has 1 aromatic heterocycles. The van der Waals surface area contributed by atoms with Crippen LogP contribution in [0.3, 0.4) is 0 Å². The minimum absolute atomic E-state index is 0.0484. The predicted molar refractivity (Wildman–Crippen MR) is 133 cm³/mol. The third-order valence-corrected chi connectivity index (χ3v) is 6.52. The Labute approximate surface area is 207 Å². The van der Waals surface area contributed by atoms with Crippen molar-refractivity contribution in [3.63, 3.8) is 0 Å². The second-order valence-corrected chi connectivity index (χ2v) is 9.33. The van der Waals surface area contributed by atoms with Gasteiger partial charge < -0.3 is 15.2 Å². The highest BCUT2D eigenvalue weighted by molar-refractivity contribution is 7.99. The highest BCUT2D eigenvalue weighted by Gasteiger charge is 2.26. The van der Waals surface area contributed by atoms with Crippen molar-refractivity contribution in [2.75, 3.05) is 11.1 Å². The minimum atomic E-state index is -0.382. The molecule has 0 aliphatic rings. The molecular weight excluding hydrogens is 481 g/mol. The van der Waals surface area contributed by atoms with E-state index in [0.717, 1.165) is 0 Å². The van der Waals surface area contributed by atoms with E-state index in [2.05, 4.69) is 20.8 Å². The average Bonchev–Trinajstić information content (AvgIpc) is 3.20. The second-order valence-electron chi connectivity index (χ2n) is 7.58. The first-order chi connectivity index (χ1) is 15.8. The van der Waals surface area contributed by atoms with Crippen molar-refractivity contribution >= 4 is 52.5 Å². The number of para-hydroxylation sites is 1. The van der Waals surface area contributed by atoms with E-state index < -0.39 is 0 Å². The molecule has 0 spiro atoms. The highest BCUT2D eigenvalue weighted by atomic mass is 35.5. The molecule has 1 heterocycles. The van der Waals surface area contributed by atoms with Crippen LogP contribution in [-0.2, 0) is 11.3 Å². The van der Waals surface area contributed by atoms with Gasteiger partial charge in [0.25, 0.3) is 5.91 Å². The number of halogens is 2. The Morgan fingerprint density at radius 1 is 1.03 bits per heavy atom. The zero-order valence-electron chi connectivity index (χ0n) is 18.5. The fourth-order valence-electron chi connectivity index (χ4n) is 3.21. The number of hydrogen-bond acceptors (Lipinski definition) is 5. The van der Waals surface area contributed by atoms with Crippen LogP contribution >= 0.6 is 35.0 Å². The van der Waals surface area contributed by atoms with Gasteiger partial charge in [-0.1, -0.05) is 73.1 Å². The molecule has 2 amide bonds. The molecule has 0 fully saturated rings. The van der Waals surface area contributed by atoms with E-state index in [0.29, 0.717) is 38.8 Å². The summed E-state index contributed by atoms with van der Waals surface area (Å²) < 4.78 is 1.91. The lowest BCUT2D eigenvalue weighted by molar-refractivity contribution is -0.113. The van der Waals surface area contributed by atoms with Crippen LogP contribution in [-0.4, -0.2) is 32.3 Å². The molecule has 10 heteroatoms. The van der Waals surface area contributed by atoms with Crippen LogP contribution in [0.4, 0.5) is 5.69 Å². The van der Waals surface area contributed by atoms with Crippen molar-refractivity contribution in [3.05, 3.63) is 70.0 Å². The standard InChI is InChI=1S/C23H25Cl2N5O2S/c1-4-30-21(20(14(2)3)27-22(32)15-9-5-6-10-16(15)24)28-29-23(30)33-13-19(31)26-18-12-8-7-11-17(18)25/h5-12,14,20H,4,13H2,1-3H3,(H,26,31)(H,27,32)/t20-/m1/s1. The molecule has 174 valence electrons. The number of thioether (sulfide) groups is 1.